The van der Waals surface area contributed by atoms with Crippen molar-refractivity contribution in [3.05, 3.63) is 0 Å². The Balaban J connectivity index is 4.11. The van der Waals surface area contributed by atoms with E-state index in [0.717, 1.165) is 12.8 Å². The number of hydrogen-bond acceptors (Lipinski definition) is 3. The highest BCUT2D eigenvalue weighted by atomic mass is 16.5. The summed E-state index contributed by atoms with van der Waals surface area (Å²) in [7, 11) is 0. The fraction of sp³-hybridized carbons (Fsp3) is 0.833. The van der Waals surface area contributed by atoms with Crippen molar-refractivity contribution < 1.29 is 14.3 Å². The van der Waals surface area contributed by atoms with Crippen molar-refractivity contribution in [1.82, 2.24) is 0 Å². The normalized spacial score (nSPS) is 12.6. The molecule has 0 fully saturated rings. The highest BCUT2D eigenvalue weighted by molar-refractivity contribution is 5.97. The van der Waals surface area contributed by atoms with Gasteiger partial charge in [-0.2, -0.15) is 0 Å². The van der Waals surface area contributed by atoms with Gasteiger partial charge in [-0.1, -0.05) is 33.6 Å². The molecule has 0 aliphatic carbocycles. The molecule has 3 heteroatoms. The molecule has 15 heavy (non-hydrogen) atoms. The highest BCUT2D eigenvalue weighted by Gasteiger charge is 2.24. The van der Waals surface area contributed by atoms with Gasteiger partial charge in [0.25, 0.3) is 0 Å². The van der Waals surface area contributed by atoms with Crippen LogP contribution in [0.15, 0.2) is 0 Å². The summed E-state index contributed by atoms with van der Waals surface area (Å²) in [6.45, 7) is 7.84. The van der Waals surface area contributed by atoms with Gasteiger partial charge in [-0.25, -0.2) is 0 Å². The number of Topliss-reactive ketones (excluding diaryl/α,β-unsaturated/α-hetero) is 1. The van der Waals surface area contributed by atoms with Gasteiger partial charge < -0.3 is 4.74 Å². The quantitative estimate of drug-likeness (QED) is 0.483. The highest BCUT2D eigenvalue weighted by Crippen LogP contribution is 2.12. The molecule has 0 aliphatic heterocycles. The molecule has 0 aromatic rings. The topological polar surface area (TPSA) is 43.4 Å². The number of ketones is 1. The van der Waals surface area contributed by atoms with E-state index in [9.17, 15) is 9.59 Å². The van der Waals surface area contributed by atoms with E-state index in [1.807, 2.05) is 20.8 Å². The van der Waals surface area contributed by atoms with E-state index >= 15 is 0 Å². The Morgan fingerprint density at radius 2 is 1.87 bits per heavy atom. The third-order valence-corrected chi connectivity index (χ3v) is 2.18. The maximum atomic E-state index is 11.6. The first kappa shape index (κ1) is 14.1. The minimum Gasteiger partial charge on any atom is -0.465 e. The number of unbranched alkanes of at least 4 members (excludes halogenated alkanes) is 1. The number of ether oxygens (including phenoxy) is 1. The largest absolute Gasteiger partial charge is 0.465 e. The smallest absolute Gasteiger partial charge is 0.316 e. The zero-order valence-electron chi connectivity index (χ0n) is 10.2. The second kappa shape index (κ2) is 7.43. The molecule has 0 aromatic heterocycles. The lowest BCUT2D eigenvalue weighted by Gasteiger charge is -2.13. The van der Waals surface area contributed by atoms with Crippen LogP contribution in [-0.4, -0.2) is 18.4 Å². The maximum Gasteiger partial charge on any atom is 0.316 e. The van der Waals surface area contributed by atoms with Gasteiger partial charge in [0.1, 0.15) is 11.7 Å². The molecule has 1 unspecified atom stereocenters. The molecule has 0 saturated heterocycles. The zero-order valence-corrected chi connectivity index (χ0v) is 10.2. The van der Waals surface area contributed by atoms with Crippen LogP contribution in [-0.2, 0) is 14.3 Å². The van der Waals surface area contributed by atoms with Crippen LogP contribution in [0.25, 0.3) is 0 Å². The minimum atomic E-state index is -0.552. The van der Waals surface area contributed by atoms with Crippen LogP contribution in [0.5, 0.6) is 0 Å². The lowest BCUT2D eigenvalue weighted by Crippen LogP contribution is -2.25. The molecule has 88 valence electrons. The summed E-state index contributed by atoms with van der Waals surface area (Å²) in [6, 6.07) is 0. The molecule has 0 bridgehead atoms. The summed E-state index contributed by atoms with van der Waals surface area (Å²) in [4.78, 5) is 22.8. The molecule has 0 amide bonds. The Bertz CT molecular complexity index is 209. The first-order valence-corrected chi connectivity index (χ1v) is 5.66. The van der Waals surface area contributed by atoms with Crippen LogP contribution in [0, 0.1) is 11.8 Å². The number of carbonyl (C=O) groups excluding carboxylic acids is 2. The summed E-state index contributed by atoms with van der Waals surface area (Å²) < 4.78 is 5.06. The SMILES string of the molecule is CCCCC(C(C)=O)C(=O)OCC(C)C. The molecule has 3 nitrogen and oxygen atoms in total. The van der Waals surface area contributed by atoms with E-state index in [1.165, 1.54) is 6.92 Å². The first-order valence-electron chi connectivity index (χ1n) is 5.66. The first-order chi connectivity index (χ1) is 6.99. The van der Waals surface area contributed by atoms with Crippen molar-refractivity contribution in [3.8, 4) is 0 Å². The second-order valence-electron chi connectivity index (χ2n) is 4.33. The molecular formula is C12H22O3. The molecular weight excluding hydrogens is 192 g/mol. The molecule has 0 rings (SSSR count). The molecule has 0 N–H and O–H groups in total. The van der Waals surface area contributed by atoms with E-state index in [2.05, 4.69) is 0 Å². The minimum absolute atomic E-state index is 0.0859. The molecule has 0 radical (unpaired) electrons. The van der Waals surface area contributed by atoms with Gasteiger partial charge in [0.05, 0.1) is 6.61 Å². The second-order valence-corrected chi connectivity index (χ2v) is 4.33. The number of hydrogen-bond donors (Lipinski definition) is 0. The summed E-state index contributed by atoms with van der Waals surface area (Å²) in [6.07, 6.45) is 2.49. The molecule has 0 aliphatic rings. The Hall–Kier alpha value is -0.860. The van der Waals surface area contributed by atoms with E-state index in [1.54, 1.807) is 0 Å². The summed E-state index contributed by atoms with van der Waals surface area (Å²) in [5.41, 5.74) is 0. The van der Waals surface area contributed by atoms with Crippen molar-refractivity contribution in [2.45, 2.75) is 47.0 Å². The Morgan fingerprint density at radius 3 is 2.27 bits per heavy atom. The molecule has 0 aromatic carbocycles. The molecule has 0 spiro atoms. The average molecular weight is 214 g/mol. The van der Waals surface area contributed by atoms with Crippen molar-refractivity contribution in [2.75, 3.05) is 6.61 Å². The average Bonchev–Trinajstić information content (AvgIpc) is 2.14. The van der Waals surface area contributed by atoms with Crippen LogP contribution in [0.4, 0.5) is 0 Å². The Morgan fingerprint density at radius 1 is 1.27 bits per heavy atom. The molecule has 0 saturated carbocycles. The van der Waals surface area contributed by atoms with Gasteiger partial charge >= 0.3 is 5.97 Å². The lowest BCUT2D eigenvalue weighted by molar-refractivity contribution is -0.152. The standard InChI is InChI=1S/C12H22O3/c1-5-6-7-11(10(4)13)12(14)15-8-9(2)3/h9,11H,5-8H2,1-4H3. The van der Waals surface area contributed by atoms with E-state index in [-0.39, 0.29) is 11.8 Å². The Kier molecular flexibility index (Phi) is 7.01. The monoisotopic (exact) mass is 214 g/mol. The number of carbonyl (C=O) groups is 2. The fourth-order valence-corrected chi connectivity index (χ4v) is 1.24. The van der Waals surface area contributed by atoms with Crippen molar-refractivity contribution >= 4 is 11.8 Å². The summed E-state index contributed by atoms with van der Waals surface area (Å²) in [5.74, 6) is -0.682. The van der Waals surface area contributed by atoms with Crippen LogP contribution >= 0.6 is 0 Å². The predicted octanol–water partition coefficient (Wildman–Crippen LogP) is 2.58. The van der Waals surface area contributed by atoms with E-state index in [4.69, 9.17) is 4.74 Å². The number of rotatable bonds is 7. The van der Waals surface area contributed by atoms with Gasteiger partial charge in [0, 0.05) is 0 Å². The van der Waals surface area contributed by atoms with E-state index in [0.29, 0.717) is 18.9 Å². The Labute approximate surface area is 92.2 Å². The van der Waals surface area contributed by atoms with Crippen molar-refractivity contribution in [3.63, 3.8) is 0 Å². The molecule has 0 heterocycles. The fourth-order valence-electron chi connectivity index (χ4n) is 1.24. The third kappa shape index (κ3) is 6.26. The van der Waals surface area contributed by atoms with Crippen molar-refractivity contribution in [1.29, 1.82) is 0 Å². The molecule has 1 atom stereocenters. The van der Waals surface area contributed by atoms with Crippen molar-refractivity contribution in [2.24, 2.45) is 11.8 Å². The lowest BCUT2D eigenvalue weighted by atomic mass is 9.98. The van der Waals surface area contributed by atoms with Gasteiger partial charge in [-0.3, -0.25) is 9.59 Å². The van der Waals surface area contributed by atoms with Gasteiger partial charge in [-0.05, 0) is 19.3 Å². The predicted molar refractivity (Wildman–Crippen MR) is 59.5 cm³/mol. The van der Waals surface area contributed by atoms with Crippen LogP contribution in [0.1, 0.15) is 47.0 Å². The third-order valence-electron chi connectivity index (χ3n) is 2.18. The van der Waals surface area contributed by atoms with Crippen LogP contribution in [0.3, 0.4) is 0 Å². The maximum absolute atomic E-state index is 11.6. The summed E-state index contributed by atoms with van der Waals surface area (Å²) in [5, 5.41) is 0. The van der Waals surface area contributed by atoms with Gasteiger partial charge in [0.15, 0.2) is 0 Å². The van der Waals surface area contributed by atoms with E-state index < -0.39 is 5.92 Å². The number of esters is 1. The van der Waals surface area contributed by atoms with Crippen LogP contribution < -0.4 is 0 Å². The van der Waals surface area contributed by atoms with Gasteiger partial charge in [0.2, 0.25) is 0 Å². The van der Waals surface area contributed by atoms with Crippen LogP contribution in [0.2, 0.25) is 0 Å². The van der Waals surface area contributed by atoms with Gasteiger partial charge in [-0.15, -0.1) is 0 Å². The zero-order chi connectivity index (χ0) is 11.8. The summed E-state index contributed by atoms with van der Waals surface area (Å²) >= 11 is 0.